The molecule has 116 valence electrons. The standard InChI is InChI=1S/C15H21NO5/c1-2-18-9-13-7-15(11-21-13)10-20-6-4-16(15)14(17)12-3-5-19-8-12/h3,5,8,13H,2,4,6-7,9-11H2,1H3/t13-,15+/m0/s1. The Bertz CT molecular complexity index is 474. The van der Waals surface area contributed by atoms with Crippen molar-refractivity contribution in [2.45, 2.75) is 25.0 Å². The van der Waals surface area contributed by atoms with Crippen LogP contribution < -0.4 is 0 Å². The number of ether oxygens (including phenoxy) is 3. The summed E-state index contributed by atoms with van der Waals surface area (Å²) in [5.74, 6) is -0.0206. The number of rotatable bonds is 4. The Morgan fingerprint density at radius 1 is 1.52 bits per heavy atom. The molecule has 0 aromatic carbocycles. The molecule has 3 heterocycles. The summed E-state index contributed by atoms with van der Waals surface area (Å²) in [5.41, 5.74) is 0.193. The summed E-state index contributed by atoms with van der Waals surface area (Å²) >= 11 is 0. The van der Waals surface area contributed by atoms with E-state index in [0.29, 0.717) is 45.1 Å². The lowest BCUT2D eigenvalue weighted by atomic mass is 9.92. The van der Waals surface area contributed by atoms with Crippen molar-refractivity contribution in [3.8, 4) is 0 Å². The van der Waals surface area contributed by atoms with Crippen LogP contribution >= 0.6 is 0 Å². The zero-order chi connectivity index (χ0) is 14.7. The van der Waals surface area contributed by atoms with E-state index < -0.39 is 0 Å². The Balaban J connectivity index is 1.74. The van der Waals surface area contributed by atoms with Crippen LogP contribution in [0.1, 0.15) is 23.7 Å². The van der Waals surface area contributed by atoms with Gasteiger partial charge in [0.25, 0.3) is 5.91 Å². The van der Waals surface area contributed by atoms with Crippen LogP contribution in [0.25, 0.3) is 0 Å². The average molecular weight is 295 g/mol. The summed E-state index contributed by atoms with van der Waals surface area (Å²) in [7, 11) is 0. The van der Waals surface area contributed by atoms with Crippen LogP contribution in [0, 0.1) is 0 Å². The molecular weight excluding hydrogens is 274 g/mol. The van der Waals surface area contributed by atoms with Gasteiger partial charge in [-0.25, -0.2) is 0 Å². The van der Waals surface area contributed by atoms with Gasteiger partial charge in [0.15, 0.2) is 0 Å². The topological polar surface area (TPSA) is 61.1 Å². The van der Waals surface area contributed by atoms with Crippen LogP contribution in [-0.2, 0) is 14.2 Å². The molecule has 6 heteroatoms. The second kappa shape index (κ2) is 6.17. The highest BCUT2D eigenvalue weighted by atomic mass is 16.5. The maximum absolute atomic E-state index is 12.7. The van der Waals surface area contributed by atoms with Crippen LogP contribution in [0.15, 0.2) is 23.0 Å². The van der Waals surface area contributed by atoms with Gasteiger partial charge in [-0.05, 0) is 13.0 Å². The van der Waals surface area contributed by atoms with Crippen LogP contribution in [0.5, 0.6) is 0 Å². The Hall–Kier alpha value is -1.37. The molecule has 1 aromatic rings. The fraction of sp³-hybridized carbons (Fsp3) is 0.667. The van der Waals surface area contributed by atoms with Gasteiger partial charge in [-0.15, -0.1) is 0 Å². The molecule has 2 atom stereocenters. The summed E-state index contributed by atoms with van der Waals surface area (Å²) in [6.07, 6.45) is 3.77. The van der Waals surface area contributed by atoms with E-state index in [1.807, 2.05) is 11.8 Å². The third-order valence-electron chi connectivity index (χ3n) is 4.12. The highest BCUT2D eigenvalue weighted by molar-refractivity contribution is 5.94. The lowest BCUT2D eigenvalue weighted by Crippen LogP contribution is -2.59. The predicted octanol–water partition coefficient (Wildman–Crippen LogP) is 1.32. The molecule has 0 N–H and O–H groups in total. The number of carbonyl (C=O) groups is 1. The number of hydrogen-bond acceptors (Lipinski definition) is 5. The van der Waals surface area contributed by atoms with Gasteiger partial charge in [0.2, 0.25) is 0 Å². The van der Waals surface area contributed by atoms with Gasteiger partial charge in [0, 0.05) is 19.6 Å². The Morgan fingerprint density at radius 2 is 2.43 bits per heavy atom. The molecule has 2 fully saturated rings. The molecule has 0 radical (unpaired) electrons. The van der Waals surface area contributed by atoms with Crippen LogP contribution in [-0.4, -0.2) is 62.0 Å². The fourth-order valence-corrected chi connectivity index (χ4v) is 3.05. The molecule has 2 aliphatic rings. The van der Waals surface area contributed by atoms with Gasteiger partial charge in [0.05, 0.1) is 49.9 Å². The average Bonchev–Trinajstić information content (AvgIpc) is 3.16. The van der Waals surface area contributed by atoms with Crippen molar-refractivity contribution < 1.29 is 23.4 Å². The molecule has 2 aliphatic heterocycles. The summed E-state index contributed by atoms with van der Waals surface area (Å²) in [4.78, 5) is 14.5. The molecule has 0 aliphatic carbocycles. The normalized spacial score (nSPS) is 29.2. The third-order valence-corrected chi connectivity index (χ3v) is 4.12. The van der Waals surface area contributed by atoms with E-state index in [1.54, 1.807) is 6.07 Å². The number of furan rings is 1. The minimum Gasteiger partial charge on any atom is -0.472 e. The largest absolute Gasteiger partial charge is 0.472 e. The number of amides is 1. The van der Waals surface area contributed by atoms with Crippen molar-refractivity contribution in [3.05, 3.63) is 24.2 Å². The van der Waals surface area contributed by atoms with Gasteiger partial charge in [-0.3, -0.25) is 4.79 Å². The summed E-state index contributed by atoms with van der Waals surface area (Å²) in [6.45, 7) is 5.33. The monoisotopic (exact) mass is 295 g/mol. The quantitative estimate of drug-likeness (QED) is 0.838. The smallest absolute Gasteiger partial charge is 0.257 e. The van der Waals surface area contributed by atoms with E-state index >= 15 is 0 Å². The maximum Gasteiger partial charge on any atom is 0.257 e. The first kappa shape index (κ1) is 14.6. The molecule has 6 nitrogen and oxygen atoms in total. The second-order valence-electron chi connectivity index (χ2n) is 5.54. The van der Waals surface area contributed by atoms with Gasteiger partial charge in [0.1, 0.15) is 6.26 Å². The fourth-order valence-electron chi connectivity index (χ4n) is 3.05. The van der Waals surface area contributed by atoms with E-state index in [9.17, 15) is 4.79 Å². The van der Waals surface area contributed by atoms with Crippen molar-refractivity contribution in [1.29, 1.82) is 0 Å². The van der Waals surface area contributed by atoms with Crippen LogP contribution in [0.4, 0.5) is 0 Å². The SMILES string of the molecule is CCOC[C@@H]1C[C@@]2(COCCN2C(=O)c2ccoc2)CO1. The molecule has 2 saturated heterocycles. The Labute approximate surface area is 123 Å². The van der Waals surface area contributed by atoms with Gasteiger partial charge in [-0.2, -0.15) is 0 Å². The van der Waals surface area contributed by atoms with E-state index in [4.69, 9.17) is 18.6 Å². The van der Waals surface area contributed by atoms with Crippen molar-refractivity contribution in [2.75, 3.05) is 39.6 Å². The summed E-state index contributed by atoms with van der Waals surface area (Å²) in [5, 5.41) is 0. The maximum atomic E-state index is 12.7. The van der Waals surface area contributed by atoms with Gasteiger partial charge < -0.3 is 23.5 Å². The molecule has 0 bridgehead atoms. The highest BCUT2D eigenvalue weighted by Gasteiger charge is 2.49. The lowest BCUT2D eigenvalue weighted by molar-refractivity contribution is -0.0559. The molecule has 1 amide bonds. The predicted molar refractivity (Wildman–Crippen MR) is 74.1 cm³/mol. The Kier molecular flexibility index (Phi) is 4.28. The van der Waals surface area contributed by atoms with Crippen LogP contribution in [0.2, 0.25) is 0 Å². The molecule has 1 spiro atoms. The van der Waals surface area contributed by atoms with Gasteiger partial charge >= 0.3 is 0 Å². The van der Waals surface area contributed by atoms with E-state index in [0.717, 1.165) is 6.42 Å². The van der Waals surface area contributed by atoms with Crippen molar-refractivity contribution in [2.24, 2.45) is 0 Å². The van der Waals surface area contributed by atoms with E-state index in [1.165, 1.54) is 12.5 Å². The van der Waals surface area contributed by atoms with Crippen LogP contribution in [0.3, 0.4) is 0 Å². The molecule has 21 heavy (non-hydrogen) atoms. The number of nitrogens with zero attached hydrogens (tertiary/aromatic N) is 1. The summed E-state index contributed by atoms with van der Waals surface area (Å²) < 4.78 is 21.9. The minimum absolute atomic E-state index is 0.0197. The molecular formula is C15H21NO5. The zero-order valence-electron chi connectivity index (χ0n) is 12.2. The first-order valence-electron chi connectivity index (χ1n) is 7.36. The van der Waals surface area contributed by atoms with E-state index in [2.05, 4.69) is 0 Å². The number of morpholine rings is 1. The van der Waals surface area contributed by atoms with Gasteiger partial charge in [-0.1, -0.05) is 0 Å². The van der Waals surface area contributed by atoms with Crippen molar-refractivity contribution in [3.63, 3.8) is 0 Å². The second-order valence-corrected chi connectivity index (χ2v) is 5.54. The van der Waals surface area contributed by atoms with E-state index in [-0.39, 0.29) is 17.6 Å². The zero-order valence-corrected chi connectivity index (χ0v) is 12.2. The molecule has 0 saturated carbocycles. The molecule has 3 rings (SSSR count). The number of carbonyl (C=O) groups excluding carboxylic acids is 1. The Morgan fingerprint density at radius 3 is 3.19 bits per heavy atom. The lowest BCUT2D eigenvalue weighted by Gasteiger charge is -2.43. The molecule has 1 aromatic heterocycles. The minimum atomic E-state index is -0.381. The van der Waals surface area contributed by atoms with Crippen molar-refractivity contribution in [1.82, 2.24) is 4.90 Å². The first-order chi connectivity index (χ1) is 10.2. The molecule has 0 unspecified atom stereocenters. The highest BCUT2D eigenvalue weighted by Crippen LogP contribution is 2.34. The van der Waals surface area contributed by atoms with Crippen molar-refractivity contribution >= 4 is 5.91 Å². The third kappa shape index (κ3) is 2.84. The summed E-state index contributed by atoms with van der Waals surface area (Å²) in [6, 6.07) is 1.69. The number of hydrogen-bond donors (Lipinski definition) is 0. The first-order valence-corrected chi connectivity index (χ1v) is 7.36.